The maximum atomic E-state index is 13.2. The number of aromatic nitrogens is 3. The van der Waals surface area contributed by atoms with E-state index in [1.54, 1.807) is 0 Å². The van der Waals surface area contributed by atoms with Crippen molar-refractivity contribution in [3.8, 4) is 0 Å². The monoisotopic (exact) mass is 411 g/mol. The molecule has 2 fully saturated rings. The molecular weight excluding hydrogens is 382 g/mol. The fraction of sp³-hybridized carbons (Fsp3) is 0.545. The highest BCUT2D eigenvalue weighted by Gasteiger charge is 2.34. The van der Waals surface area contributed by atoms with Gasteiger partial charge < -0.3 is 14.5 Å². The Morgan fingerprint density at radius 2 is 1.87 bits per heavy atom. The normalized spacial score (nSPS) is 20.8. The Hall–Kier alpha value is -2.74. The van der Waals surface area contributed by atoms with Crippen LogP contribution in [0.2, 0.25) is 0 Å². The highest BCUT2D eigenvalue weighted by Crippen LogP contribution is 2.27. The minimum Gasteiger partial charge on any atom is -0.381 e. The summed E-state index contributed by atoms with van der Waals surface area (Å²) >= 11 is 0. The number of hydrogen-bond acceptors (Lipinski definition) is 5. The minimum absolute atomic E-state index is 0.0227. The van der Waals surface area contributed by atoms with Gasteiger partial charge in [-0.3, -0.25) is 14.7 Å². The van der Waals surface area contributed by atoms with Crippen LogP contribution in [0, 0.1) is 12.8 Å². The molecule has 3 heterocycles. The molecule has 160 valence electrons. The van der Waals surface area contributed by atoms with Crippen LogP contribution in [-0.2, 0) is 20.7 Å². The molecule has 1 unspecified atom stereocenters. The highest BCUT2D eigenvalue weighted by atomic mass is 16.5. The van der Waals surface area contributed by atoms with Crippen molar-refractivity contribution >= 4 is 11.8 Å². The van der Waals surface area contributed by atoms with E-state index in [2.05, 4.69) is 15.2 Å². The first-order valence-electron chi connectivity index (χ1n) is 10.7. The first-order chi connectivity index (χ1) is 14.6. The molecule has 1 aromatic heterocycles. The molecule has 30 heavy (non-hydrogen) atoms. The number of H-pyrrole nitrogens is 1. The van der Waals surface area contributed by atoms with Crippen LogP contribution >= 0.6 is 0 Å². The summed E-state index contributed by atoms with van der Waals surface area (Å²) in [6.07, 6.45) is 2.51. The molecule has 0 bridgehead atoms. The van der Waals surface area contributed by atoms with E-state index in [9.17, 15) is 9.59 Å². The van der Waals surface area contributed by atoms with Gasteiger partial charge in [-0.15, -0.1) is 0 Å². The average Bonchev–Trinajstić information content (AvgIpc) is 3.08. The second-order valence-corrected chi connectivity index (χ2v) is 8.04. The SMILES string of the molecule is Cc1nc(C2CCN(C(=O)C3CCOCC3)CCN2C(=O)Cc2ccccc2)n[nH]1. The van der Waals surface area contributed by atoms with Gasteiger partial charge in [0.25, 0.3) is 0 Å². The number of hydrogen-bond donors (Lipinski definition) is 1. The Bertz CT molecular complexity index is 863. The van der Waals surface area contributed by atoms with Crippen LogP contribution in [0.4, 0.5) is 0 Å². The lowest BCUT2D eigenvalue weighted by molar-refractivity contribution is -0.139. The van der Waals surface area contributed by atoms with Gasteiger partial charge in [0, 0.05) is 38.8 Å². The van der Waals surface area contributed by atoms with Crippen molar-refractivity contribution in [1.82, 2.24) is 25.0 Å². The predicted molar refractivity (Wildman–Crippen MR) is 110 cm³/mol. The van der Waals surface area contributed by atoms with Crippen LogP contribution in [0.15, 0.2) is 30.3 Å². The van der Waals surface area contributed by atoms with Crippen LogP contribution in [0.25, 0.3) is 0 Å². The quantitative estimate of drug-likeness (QED) is 0.830. The van der Waals surface area contributed by atoms with E-state index in [4.69, 9.17) is 4.74 Å². The molecule has 4 rings (SSSR count). The number of rotatable bonds is 4. The van der Waals surface area contributed by atoms with Crippen LogP contribution in [0.3, 0.4) is 0 Å². The van der Waals surface area contributed by atoms with E-state index in [0.29, 0.717) is 51.5 Å². The molecule has 2 aliphatic rings. The lowest BCUT2D eigenvalue weighted by Gasteiger charge is -2.29. The number of nitrogens with zero attached hydrogens (tertiary/aromatic N) is 4. The van der Waals surface area contributed by atoms with Gasteiger partial charge in [-0.25, -0.2) is 4.98 Å². The van der Waals surface area contributed by atoms with E-state index >= 15 is 0 Å². The Labute approximate surface area is 176 Å². The van der Waals surface area contributed by atoms with Gasteiger partial charge in [-0.2, -0.15) is 5.10 Å². The first kappa shape index (κ1) is 20.5. The number of amides is 2. The van der Waals surface area contributed by atoms with Crippen molar-refractivity contribution in [2.24, 2.45) is 5.92 Å². The van der Waals surface area contributed by atoms with Crippen molar-refractivity contribution in [2.75, 3.05) is 32.8 Å². The fourth-order valence-corrected chi connectivity index (χ4v) is 4.30. The number of carbonyl (C=O) groups excluding carboxylic acids is 2. The molecule has 0 saturated carbocycles. The third-order valence-electron chi connectivity index (χ3n) is 5.97. The van der Waals surface area contributed by atoms with E-state index in [0.717, 1.165) is 24.2 Å². The van der Waals surface area contributed by atoms with Crippen molar-refractivity contribution in [1.29, 1.82) is 0 Å². The second kappa shape index (κ2) is 9.38. The van der Waals surface area contributed by atoms with Gasteiger partial charge >= 0.3 is 0 Å². The number of aryl methyl sites for hydroxylation is 1. The van der Waals surface area contributed by atoms with E-state index < -0.39 is 0 Å². The molecule has 2 aromatic rings. The van der Waals surface area contributed by atoms with Gasteiger partial charge in [-0.05, 0) is 31.7 Å². The summed E-state index contributed by atoms with van der Waals surface area (Å²) in [5.74, 6) is 1.58. The average molecular weight is 412 g/mol. The second-order valence-electron chi connectivity index (χ2n) is 8.04. The van der Waals surface area contributed by atoms with Gasteiger partial charge in [-0.1, -0.05) is 30.3 Å². The third-order valence-corrected chi connectivity index (χ3v) is 5.97. The molecule has 0 spiro atoms. The van der Waals surface area contributed by atoms with E-state index in [1.165, 1.54) is 0 Å². The molecule has 2 saturated heterocycles. The van der Waals surface area contributed by atoms with Crippen molar-refractivity contribution < 1.29 is 14.3 Å². The molecule has 2 amide bonds. The lowest BCUT2D eigenvalue weighted by Crippen LogP contribution is -2.42. The van der Waals surface area contributed by atoms with E-state index in [-0.39, 0.29) is 23.8 Å². The molecular formula is C22H29N5O3. The van der Waals surface area contributed by atoms with Crippen molar-refractivity contribution in [2.45, 2.75) is 38.6 Å². The van der Waals surface area contributed by atoms with Crippen molar-refractivity contribution in [3.63, 3.8) is 0 Å². The largest absolute Gasteiger partial charge is 0.381 e. The summed E-state index contributed by atoms with van der Waals surface area (Å²) in [5, 5.41) is 7.22. The Balaban J connectivity index is 1.51. The molecule has 1 N–H and O–H groups in total. The van der Waals surface area contributed by atoms with Gasteiger partial charge in [0.1, 0.15) is 5.82 Å². The van der Waals surface area contributed by atoms with Gasteiger partial charge in [0.05, 0.1) is 12.5 Å². The van der Waals surface area contributed by atoms with Crippen LogP contribution < -0.4 is 0 Å². The zero-order valence-corrected chi connectivity index (χ0v) is 17.4. The number of benzene rings is 1. The van der Waals surface area contributed by atoms with Crippen LogP contribution in [-0.4, -0.2) is 69.6 Å². The number of nitrogens with one attached hydrogen (secondary N) is 1. The number of ether oxygens (including phenoxy) is 1. The standard InChI is InChI=1S/C22H29N5O3/c1-16-23-21(25-24-16)19-7-10-26(22(29)18-8-13-30-14-9-18)11-12-27(19)20(28)15-17-5-3-2-4-6-17/h2-6,18-19H,7-15H2,1H3,(H,23,24,25). The molecule has 8 nitrogen and oxygen atoms in total. The summed E-state index contributed by atoms with van der Waals surface area (Å²) in [4.78, 5) is 34.5. The Kier molecular flexibility index (Phi) is 6.42. The minimum atomic E-state index is -0.237. The highest BCUT2D eigenvalue weighted by molar-refractivity contribution is 5.80. The molecule has 8 heteroatoms. The predicted octanol–water partition coefficient (Wildman–Crippen LogP) is 1.88. The zero-order valence-electron chi connectivity index (χ0n) is 17.4. The Morgan fingerprint density at radius 3 is 2.57 bits per heavy atom. The maximum absolute atomic E-state index is 13.2. The molecule has 0 radical (unpaired) electrons. The zero-order chi connectivity index (χ0) is 20.9. The summed E-state index contributed by atoms with van der Waals surface area (Å²) in [6.45, 7) is 4.76. The summed E-state index contributed by atoms with van der Waals surface area (Å²) in [6, 6.07) is 9.51. The lowest BCUT2D eigenvalue weighted by atomic mass is 9.98. The third kappa shape index (κ3) is 4.70. The van der Waals surface area contributed by atoms with Crippen LogP contribution in [0.1, 0.15) is 42.5 Å². The fourth-order valence-electron chi connectivity index (χ4n) is 4.30. The van der Waals surface area contributed by atoms with Crippen molar-refractivity contribution in [3.05, 3.63) is 47.5 Å². The summed E-state index contributed by atoms with van der Waals surface area (Å²) in [5.41, 5.74) is 0.979. The number of carbonyl (C=O) groups is 2. The smallest absolute Gasteiger partial charge is 0.227 e. The summed E-state index contributed by atoms with van der Waals surface area (Å²) < 4.78 is 5.40. The molecule has 0 aliphatic carbocycles. The van der Waals surface area contributed by atoms with Gasteiger partial charge in [0.15, 0.2) is 5.82 Å². The Morgan fingerprint density at radius 1 is 1.10 bits per heavy atom. The first-order valence-corrected chi connectivity index (χ1v) is 10.7. The van der Waals surface area contributed by atoms with Gasteiger partial charge in [0.2, 0.25) is 11.8 Å². The molecule has 1 aromatic carbocycles. The molecule has 2 aliphatic heterocycles. The summed E-state index contributed by atoms with van der Waals surface area (Å²) in [7, 11) is 0. The molecule has 1 atom stereocenters. The van der Waals surface area contributed by atoms with Crippen LogP contribution in [0.5, 0.6) is 0 Å². The maximum Gasteiger partial charge on any atom is 0.227 e. The topological polar surface area (TPSA) is 91.4 Å². The van der Waals surface area contributed by atoms with E-state index in [1.807, 2.05) is 47.1 Å². The number of aromatic amines is 1.